The van der Waals surface area contributed by atoms with E-state index in [1.807, 2.05) is 6.07 Å². The topological polar surface area (TPSA) is 176 Å². The third kappa shape index (κ3) is 6.20. The number of aromatic nitrogens is 6. The van der Waals surface area contributed by atoms with Crippen molar-refractivity contribution in [1.29, 1.82) is 0 Å². The number of ether oxygens (including phenoxy) is 1. The third-order valence-corrected chi connectivity index (χ3v) is 4.98. The van der Waals surface area contributed by atoms with Crippen LogP contribution in [-0.4, -0.2) is 41.3 Å². The minimum atomic E-state index is -4.63. The van der Waals surface area contributed by atoms with Gasteiger partial charge in [0.2, 0.25) is 12.6 Å². The van der Waals surface area contributed by atoms with Gasteiger partial charge in [0.25, 0.3) is 5.82 Å². The molecule has 0 aromatic carbocycles. The Morgan fingerprint density at radius 2 is 2.15 bits per heavy atom. The van der Waals surface area contributed by atoms with Crippen LogP contribution in [0.3, 0.4) is 0 Å². The van der Waals surface area contributed by atoms with E-state index >= 15 is 0 Å². The Morgan fingerprint density at radius 1 is 1.27 bits per heavy atom. The lowest BCUT2D eigenvalue weighted by Gasteiger charge is -2.07. The van der Waals surface area contributed by atoms with E-state index in [-0.39, 0.29) is 5.82 Å². The van der Waals surface area contributed by atoms with Crippen molar-refractivity contribution in [2.75, 3.05) is 12.3 Å². The highest BCUT2D eigenvalue weighted by Crippen LogP contribution is 2.35. The van der Waals surface area contributed by atoms with Crippen molar-refractivity contribution in [3.63, 3.8) is 0 Å². The number of nitrogens with zero attached hydrogens (tertiary/aromatic N) is 6. The fourth-order valence-corrected chi connectivity index (χ4v) is 3.22. The van der Waals surface area contributed by atoms with Gasteiger partial charge in [-0.15, -0.1) is 0 Å². The number of nitrogens with two attached hydrogens (primary N) is 1. The number of phosphoric ester groups is 1. The lowest BCUT2D eigenvalue weighted by molar-refractivity contribution is -0.711. The van der Waals surface area contributed by atoms with Crippen LogP contribution in [0.2, 0.25) is 0 Å². The van der Waals surface area contributed by atoms with Gasteiger partial charge in [0.15, 0.2) is 5.76 Å². The Labute approximate surface area is 187 Å². The molecule has 13 nitrogen and oxygen atoms in total. The standard InChI is InChI=1S/C19H20N7O6P/c20-19-16(2-1-5-25(19)13-31-33(27,28)29)17-9-15(24-32-17)8-14-3-4-18(22-10-14)30-7-6-26-12-21-11-23-26/h1-5,9-12,20H,6-8,13H2,(H2,27,28,29)/p+1. The number of nitrogen functional groups attached to an aromatic ring is 1. The highest BCUT2D eigenvalue weighted by Gasteiger charge is 2.20. The molecule has 4 aromatic rings. The first-order valence-electron chi connectivity index (χ1n) is 9.71. The summed E-state index contributed by atoms with van der Waals surface area (Å²) >= 11 is 0. The fraction of sp³-hybridized carbons (Fsp3) is 0.211. The predicted octanol–water partition coefficient (Wildman–Crippen LogP) is 0.934. The van der Waals surface area contributed by atoms with Gasteiger partial charge in [0.1, 0.15) is 24.8 Å². The maximum Gasteiger partial charge on any atom is 0.472 e. The third-order valence-electron chi connectivity index (χ3n) is 4.52. The van der Waals surface area contributed by atoms with Gasteiger partial charge in [-0.1, -0.05) is 11.2 Å². The Hall–Kier alpha value is -3.64. The normalized spacial score (nSPS) is 11.6. The zero-order valence-corrected chi connectivity index (χ0v) is 18.2. The van der Waals surface area contributed by atoms with Gasteiger partial charge in [0, 0.05) is 24.8 Å². The lowest BCUT2D eigenvalue weighted by Crippen LogP contribution is -2.38. The first kappa shape index (κ1) is 22.6. The van der Waals surface area contributed by atoms with Crippen LogP contribution >= 0.6 is 7.82 Å². The van der Waals surface area contributed by atoms with Crippen LogP contribution in [0.5, 0.6) is 5.88 Å². The van der Waals surface area contributed by atoms with E-state index in [4.69, 9.17) is 24.8 Å². The summed E-state index contributed by atoms with van der Waals surface area (Å²) in [6.45, 7) is 0.573. The van der Waals surface area contributed by atoms with Crippen molar-refractivity contribution >= 4 is 13.6 Å². The molecule has 0 amide bonds. The second kappa shape index (κ2) is 9.88. The molecule has 4 rings (SSSR count). The molecule has 4 N–H and O–H groups in total. The summed E-state index contributed by atoms with van der Waals surface area (Å²) in [7, 11) is -4.63. The summed E-state index contributed by atoms with van der Waals surface area (Å²) in [5.74, 6) is 1.12. The van der Waals surface area contributed by atoms with Crippen LogP contribution in [0.25, 0.3) is 11.3 Å². The van der Waals surface area contributed by atoms with Gasteiger partial charge in [-0.05, 0) is 17.7 Å². The molecule has 0 unspecified atom stereocenters. The van der Waals surface area contributed by atoms with Crippen molar-refractivity contribution < 1.29 is 32.7 Å². The lowest BCUT2D eigenvalue weighted by atomic mass is 10.1. The Kier molecular flexibility index (Phi) is 6.75. The molecule has 172 valence electrons. The molecule has 0 fully saturated rings. The van der Waals surface area contributed by atoms with E-state index in [0.717, 1.165) is 5.56 Å². The quantitative estimate of drug-likeness (QED) is 0.220. The van der Waals surface area contributed by atoms with Gasteiger partial charge in [-0.2, -0.15) is 5.10 Å². The molecular weight excluding hydrogens is 453 g/mol. The maximum absolute atomic E-state index is 10.9. The summed E-state index contributed by atoms with van der Waals surface area (Å²) in [6, 6.07) is 8.76. The molecular formula is C19H21N7O6P+. The van der Waals surface area contributed by atoms with Crippen LogP contribution in [0.4, 0.5) is 5.82 Å². The van der Waals surface area contributed by atoms with Crippen LogP contribution in [0.15, 0.2) is 59.9 Å². The van der Waals surface area contributed by atoms with Crippen molar-refractivity contribution in [2.45, 2.75) is 19.7 Å². The number of phosphoric acid groups is 1. The maximum atomic E-state index is 10.9. The molecule has 0 aliphatic heterocycles. The molecule has 0 saturated heterocycles. The zero-order valence-electron chi connectivity index (χ0n) is 17.3. The van der Waals surface area contributed by atoms with Gasteiger partial charge in [-0.25, -0.2) is 28.3 Å². The van der Waals surface area contributed by atoms with Crippen molar-refractivity contribution in [1.82, 2.24) is 24.9 Å². The monoisotopic (exact) mass is 474 g/mol. The van der Waals surface area contributed by atoms with Gasteiger partial charge >= 0.3 is 7.82 Å². The number of anilines is 1. The van der Waals surface area contributed by atoms with Crippen LogP contribution in [0, 0.1) is 0 Å². The van der Waals surface area contributed by atoms with E-state index in [1.165, 1.54) is 17.1 Å². The largest absolute Gasteiger partial charge is 0.476 e. The molecule has 0 radical (unpaired) electrons. The molecule has 4 heterocycles. The molecule has 0 aliphatic carbocycles. The van der Waals surface area contributed by atoms with Crippen molar-refractivity contribution in [3.8, 4) is 17.2 Å². The predicted molar refractivity (Wildman–Crippen MR) is 112 cm³/mol. The highest BCUT2D eigenvalue weighted by atomic mass is 31.2. The van der Waals surface area contributed by atoms with Crippen molar-refractivity contribution in [3.05, 3.63) is 66.6 Å². The average molecular weight is 474 g/mol. The van der Waals surface area contributed by atoms with E-state index in [9.17, 15) is 4.57 Å². The van der Waals surface area contributed by atoms with Crippen LogP contribution in [0.1, 0.15) is 11.3 Å². The van der Waals surface area contributed by atoms with E-state index in [2.05, 4.69) is 24.7 Å². The first-order chi connectivity index (χ1) is 15.9. The number of hydrogen-bond acceptors (Lipinski definition) is 9. The SMILES string of the molecule is Nc1c(-c2cc(Cc3ccc(OCCn4cncn4)nc3)no2)ccc[n+]1COP(=O)(O)O. The molecule has 0 aliphatic rings. The molecule has 14 heteroatoms. The Morgan fingerprint density at radius 3 is 2.88 bits per heavy atom. The van der Waals surface area contributed by atoms with Gasteiger partial charge in [-0.3, -0.25) is 5.73 Å². The smallest absolute Gasteiger partial charge is 0.472 e. The molecule has 33 heavy (non-hydrogen) atoms. The van der Waals surface area contributed by atoms with Gasteiger partial charge in [0.05, 0.1) is 18.4 Å². The summed E-state index contributed by atoms with van der Waals surface area (Å²) in [6.07, 6.45) is 6.79. The van der Waals surface area contributed by atoms with Crippen LogP contribution in [-0.2, 0) is 28.8 Å². The minimum Gasteiger partial charge on any atom is -0.476 e. The molecule has 0 spiro atoms. The fourth-order valence-electron chi connectivity index (χ4n) is 2.95. The Bertz CT molecular complexity index is 1240. The second-order valence-corrected chi connectivity index (χ2v) is 8.14. The minimum absolute atomic E-state index is 0.211. The summed E-state index contributed by atoms with van der Waals surface area (Å²) in [4.78, 5) is 25.9. The molecule has 0 saturated carbocycles. The van der Waals surface area contributed by atoms with Crippen molar-refractivity contribution in [2.24, 2.45) is 0 Å². The second-order valence-electron chi connectivity index (χ2n) is 6.90. The van der Waals surface area contributed by atoms with Gasteiger partial charge < -0.3 is 19.0 Å². The Balaban J connectivity index is 1.37. The summed E-state index contributed by atoms with van der Waals surface area (Å²) in [5, 5.41) is 8.08. The molecule has 0 atom stereocenters. The highest BCUT2D eigenvalue weighted by molar-refractivity contribution is 7.46. The molecule has 0 bridgehead atoms. The number of rotatable bonds is 10. The number of hydrogen-bond donors (Lipinski definition) is 3. The molecule has 4 aromatic heterocycles. The van der Waals surface area contributed by atoms with Crippen LogP contribution < -0.4 is 15.0 Å². The number of pyridine rings is 2. The average Bonchev–Trinajstić information content (AvgIpc) is 3.46. The first-order valence-corrected chi connectivity index (χ1v) is 11.2. The van der Waals surface area contributed by atoms with E-state index < -0.39 is 14.6 Å². The zero-order chi connectivity index (χ0) is 23.3. The van der Waals surface area contributed by atoms with E-state index in [1.54, 1.807) is 41.5 Å². The summed E-state index contributed by atoms with van der Waals surface area (Å²) in [5.41, 5.74) is 8.18. The summed E-state index contributed by atoms with van der Waals surface area (Å²) < 4.78 is 29.5. The van der Waals surface area contributed by atoms with E-state index in [0.29, 0.717) is 42.5 Å².